The fourth-order valence-electron chi connectivity index (χ4n) is 3.37. The van der Waals surface area contributed by atoms with E-state index in [0.717, 1.165) is 19.4 Å². The molecule has 0 bridgehead atoms. The normalized spacial score (nSPS) is 15.8. The number of anilines is 1. The summed E-state index contributed by atoms with van der Waals surface area (Å²) < 4.78 is 5.23. The van der Waals surface area contributed by atoms with Crippen LogP contribution in [0.2, 0.25) is 5.02 Å². The van der Waals surface area contributed by atoms with Gasteiger partial charge in [0.05, 0.1) is 12.7 Å². The van der Waals surface area contributed by atoms with Crippen LogP contribution in [0.3, 0.4) is 0 Å². The van der Waals surface area contributed by atoms with Gasteiger partial charge in [0.2, 0.25) is 0 Å². The Morgan fingerprint density at radius 1 is 1.32 bits per heavy atom. The van der Waals surface area contributed by atoms with Crippen LogP contribution in [0.15, 0.2) is 42.5 Å². The molecule has 2 aromatic rings. The Morgan fingerprint density at radius 3 is 2.92 bits per heavy atom. The predicted molar refractivity (Wildman–Crippen MR) is 102 cm³/mol. The van der Waals surface area contributed by atoms with Gasteiger partial charge in [-0.2, -0.15) is 0 Å². The second-order valence-electron chi connectivity index (χ2n) is 6.33. The monoisotopic (exact) mass is 358 g/mol. The Bertz CT molecular complexity index is 763. The molecule has 25 heavy (non-hydrogen) atoms. The maximum Gasteiger partial charge on any atom is 0.255 e. The number of halogens is 1. The van der Waals surface area contributed by atoms with E-state index in [9.17, 15) is 4.79 Å². The van der Waals surface area contributed by atoms with Crippen molar-refractivity contribution in [3.8, 4) is 5.75 Å². The Hall–Kier alpha value is -2.20. The number of hydrogen-bond acceptors (Lipinski definition) is 3. The number of nitrogens with zero attached hydrogens (tertiary/aromatic N) is 1. The first kappa shape index (κ1) is 17.6. The topological polar surface area (TPSA) is 41.6 Å². The van der Waals surface area contributed by atoms with E-state index in [1.807, 2.05) is 0 Å². The van der Waals surface area contributed by atoms with Crippen molar-refractivity contribution in [3.63, 3.8) is 0 Å². The summed E-state index contributed by atoms with van der Waals surface area (Å²) in [5.74, 6) is 0.373. The molecule has 0 fully saturated rings. The summed E-state index contributed by atoms with van der Waals surface area (Å²) in [6, 6.07) is 14.1. The summed E-state index contributed by atoms with van der Waals surface area (Å²) in [5.41, 5.74) is 3.19. The lowest BCUT2D eigenvalue weighted by molar-refractivity contribution is 0.0950. The van der Waals surface area contributed by atoms with Gasteiger partial charge >= 0.3 is 0 Å². The third-order valence-electron chi connectivity index (χ3n) is 4.62. The van der Waals surface area contributed by atoms with Gasteiger partial charge in [0.1, 0.15) is 5.75 Å². The highest BCUT2D eigenvalue weighted by Crippen LogP contribution is 2.31. The van der Waals surface area contributed by atoms with Crippen molar-refractivity contribution in [1.29, 1.82) is 0 Å². The highest BCUT2D eigenvalue weighted by molar-refractivity contribution is 6.31. The van der Waals surface area contributed by atoms with Crippen molar-refractivity contribution in [2.75, 3.05) is 25.1 Å². The summed E-state index contributed by atoms with van der Waals surface area (Å²) in [6.45, 7) is 3.78. The van der Waals surface area contributed by atoms with E-state index in [1.165, 1.54) is 11.3 Å². The minimum absolute atomic E-state index is 0.158. The van der Waals surface area contributed by atoms with Gasteiger partial charge in [-0.25, -0.2) is 0 Å². The fourth-order valence-corrected chi connectivity index (χ4v) is 3.55. The molecule has 0 aromatic heterocycles. The lowest BCUT2D eigenvalue weighted by atomic mass is 10.1. The third kappa shape index (κ3) is 3.90. The Morgan fingerprint density at radius 2 is 2.12 bits per heavy atom. The molecular formula is C20H23ClN2O2. The SMILES string of the molecule is COc1ccc(Cl)cc1C(=O)NCCCN1c2ccccc2C[C@@H]1C. The Kier molecular flexibility index (Phi) is 5.49. The molecule has 1 aliphatic heterocycles. The van der Waals surface area contributed by atoms with Crippen molar-refractivity contribution < 1.29 is 9.53 Å². The highest BCUT2D eigenvalue weighted by Gasteiger charge is 2.24. The molecule has 1 heterocycles. The molecule has 0 saturated carbocycles. The quantitative estimate of drug-likeness (QED) is 0.796. The van der Waals surface area contributed by atoms with Crippen molar-refractivity contribution in [1.82, 2.24) is 5.32 Å². The molecule has 3 rings (SSSR count). The van der Waals surface area contributed by atoms with Crippen LogP contribution in [0.5, 0.6) is 5.75 Å². The van der Waals surface area contributed by atoms with Crippen molar-refractivity contribution in [3.05, 3.63) is 58.6 Å². The lowest BCUT2D eigenvalue weighted by Gasteiger charge is -2.25. The summed E-state index contributed by atoms with van der Waals surface area (Å²) in [5, 5.41) is 3.48. The molecule has 1 atom stereocenters. The molecule has 0 unspecified atom stereocenters. The molecule has 0 saturated heterocycles. The number of fused-ring (bicyclic) bond motifs is 1. The van der Waals surface area contributed by atoms with E-state index in [1.54, 1.807) is 25.3 Å². The van der Waals surface area contributed by atoms with E-state index >= 15 is 0 Å². The van der Waals surface area contributed by atoms with Crippen molar-refractivity contribution >= 4 is 23.2 Å². The van der Waals surface area contributed by atoms with E-state index in [4.69, 9.17) is 16.3 Å². The summed E-state index contributed by atoms with van der Waals surface area (Å²) in [4.78, 5) is 14.8. The van der Waals surface area contributed by atoms with Gasteiger partial charge in [0.25, 0.3) is 5.91 Å². The van der Waals surface area contributed by atoms with Gasteiger partial charge in [-0.05, 0) is 49.6 Å². The van der Waals surface area contributed by atoms with Gasteiger partial charge in [-0.15, -0.1) is 0 Å². The summed E-state index contributed by atoms with van der Waals surface area (Å²) in [7, 11) is 1.55. The molecular weight excluding hydrogens is 336 g/mol. The van der Waals surface area contributed by atoms with Gasteiger partial charge < -0.3 is 15.0 Å². The molecule has 0 aliphatic carbocycles. The second-order valence-corrected chi connectivity index (χ2v) is 6.77. The molecule has 1 amide bonds. The first-order valence-electron chi connectivity index (χ1n) is 8.56. The minimum atomic E-state index is -0.158. The standard InChI is InChI=1S/C20H23ClN2O2/c1-14-12-15-6-3-4-7-18(15)23(14)11-5-10-22-20(24)17-13-16(21)8-9-19(17)25-2/h3-4,6-9,13-14H,5,10-12H2,1-2H3,(H,22,24)/t14-/m0/s1. The van der Waals surface area contributed by atoms with Crippen LogP contribution >= 0.6 is 11.6 Å². The number of hydrogen-bond donors (Lipinski definition) is 1. The van der Waals surface area contributed by atoms with E-state index in [-0.39, 0.29) is 5.91 Å². The van der Waals surface area contributed by atoms with Crippen molar-refractivity contribution in [2.24, 2.45) is 0 Å². The third-order valence-corrected chi connectivity index (χ3v) is 4.85. The number of amides is 1. The van der Waals surface area contributed by atoms with E-state index in [0.29, 0.717) is 28.9 Å². The van der Waals surface area contributed by atoms with Gasteiger partial charge in [0, 0.05) is 29.8 Å². The average Bonchev–Trinajstić information content (AvgIpc) is 2.93. The number of para-hydroxylation sites is 1. The Balaban J connectivity index is 1.54. The predicted octanol–water partition coefficient (Wildman–Crippen LogP) is 3.92. The second kappa shape index (κ2) is 7.79. The van der Waals surface area contributed by atoms with E-state index < -0.39 is 0 Å². The Labute approximate surface area is 153 Å². The number of benzene rings is 2. The molecule has 5 heteroatoms. The van der Waals surface area contributed by atoms with Gasteiger partial charge in [-0.1, -0.05) is 29.8 Å². The zero-order valence-electron chi connectivity index (χ0n) is 14.6. The van der Waals surface area contributed by atoms with Crippen LogP contribution in [-0.2, 0) is 6.42 Å². The molecule has 2 aromatic carbocycles. The van der Waals surface area contributed by atoms with Crippen LogP contribution < -0.4 is 15.0 Å². The summed E-state index contributed by atoms with van der Waals surface area (Å²) >= 11 is 5.99. The maximum absolute atomic E-state index is 12.4. The molecule has 1 N–H and O–H groups in total. The number of rotatable bonds is 6. The van der Waals surface area contributed by atoms with Crippen molar-refractivity contribution in [2.45, 2.75) is 25.8 Å². The molecule has 132 valence electrons. The zero-order valence-corrected chi connectivity index (χ0v) is 15.3. The average molecular weight is 359 g/mol. The number of carbonyl (C=O) groups is 1. The molecule has 1 aliphatic rings. The highest BCUT2D eigenvalue weighted by atomic mass is 35.5. The molecule has 0 radical (unpaired) electrons. The molecule has 0 spiro atoms. The van der Waals surface area contributed by atoms with Crippen LogP contribution in [-0.4, -0.2) is 32.1 Å². The van der Waals surface area contributed by atoms with Crippen LogP contribution in [0.25, 0.3) is 0 Å². The van der Waals surface area contributed by atoms with Gasteiger partial charge in [0.15, 0.2) is 0 Å². The van der Waals surface area contributed by atoms with Crippen LogP contribution in [0, 0.1) is 0 Å². The number of carbonyl (C=O) groups excluding carboxylic acids is 1. The van der Waals surface area contributed by atoms with E-state index in [2.05, 4.69) is 41.4 Å². The smallest absolute Gasteiger partial charge is 0.255 e. The largest absolute Gasteiger partial charge is 0.496 e. The number of methoxy groups -OCH3 is 1. The van der Waals surface area contributed by atoms with Gasteiger partial charge in [-0.3, -0.25) is 4.79 Å². The number of ether oxygens (including phenoxy) is 1. The summed E-state index contributed by atoms with van der Waals surface area (Å²) in [6.07, 6.45) is 1.97. The first-order valence-corrected chi connectivity index (χ1v) is 8.94. The maximum atomic E-state index is 12.4. The fraction of sp³-hybridized carbons (Fsp3) is 0.350. The lowest BCUT2D eigenvalue weighted by Crippen LogP contribution is -2.33. The zero-order chi connectivity index (χ0) is 17.8. The first-order chi connectivity index (χ1) is 12.1. The van der Waals surface area contributed by atoms with Crippen LogP contribution in [0.4, 0.5) is 5.69 Å². The minimum Gasteiger partial charge on any atom is -0.496 e. The number of nitrogens with one attached hydrogen (secondary N) is 1. The molecule has 4 nitrogen and oxygen atoms in total. The van der Waals surface area contributed by atoms with Crippen LogP contribution in [0.1, 0.15) is 29.3 Å².